The van der Waals surface area contributed by atoms with E-state index < -0.39 is 4.92 Å². The second-order valence-electron chi connectivity index (χ2n) is 5.52. The second-order valence-corrected chi connectivity index (χ2v) is 5.52. The summed E-state index contributed by atoms with van der Waals surface area (Å²) in [4.78, 5) is 15.3. The molecule has 0 fully saturated rings. The molecule has 0 bridgehead atoms. The lowest BCUT2D eigenvalue weighted by atomic mass is 10.2. The maximum atomic E-state index is 11.4. The summed E-state index contributed by atoms with van der Waals surface area (Å²) in [6.45, 7) is 1.88. The fraction of sp³-hybridized carbons (Fsp3) is 0.118. The summed E-state index contributed by atoms with van der Waals surface area (Å²) in [5, 5.41) is 15.5. The van der Waals surface area contributed by atoms with E-state index in [0.29, 0.717) is 11.4 Å². The monoisotopic (exact) mass is 322 g/mol. The van der Waals surface area contributed by atoms with E-state index in [4.69, 9.17) is 4.42 Å². The van der Waals surface area contributed by atoms with Gasteiger partial charge in [-0.15, -0.1) is 0 Å². The van der Waals surface area contributed by atoms with Crippen LogP contribution in [0.5, 0.6) is 0 Å². The van der Waals surface area contributed by atoms with E-state index >= 15 is 0 Å². The number of fused-ring (bicyclic) bond motifs is 2. The second kappa shape index (κ2) is 5.38. The Morgan fingerprint density at radius 1 is 1.25 bits per heavy atom. The van der Waals surface area contributed by atoms with Crippen LogP contribution in [0.4, 0.5) is 11.6 Å². The van der Waals surface area contributed by atoms with Crippen molar-refractivity contribution in [1.82, 2.24) is 9.38 Å². The molecule has 0 aliphatic rings. The van der Waals surface area contributed by atoms with Crippen LogP contribution >= 0.6 is 0 Å². The quantitative estimate of drug-likeness (QED) is 0.450. The van der Waals surface area contributed by atoms with Gasteiger partial charge >= 0.3 is 5.82 Å². The van der Waals surface area contributed by atoms with Gasteiger partial charge < -0.3 is 19.8 Å². The molecule has 24 heavy (non-hydrogen) atoms. The van der Waals surface area contributed by atoms with Gasteiger partial charge in [-0.2, -0.15) is 9.38 Å². The van der Waals surface area contributed by atoms with Crippen molar-refractivity contribution in [3.8, 4) is 0 Å². The van der Waals surface area contributed by atoms with E-state index in [9.17, 15) is 10.1 Å². The first-order valence-corrected chi connectivity index (χ1v) is 7.50. The van der Waals surface area contributed by atoms with Gasteiger partial charge in [0.25, 0.3) is 0 Å². The molecule has 1 aromatic carbocycles. The third kappa shape index (κ3) is 2.26. The van der Waals surface area contributed by atoms with Crippen LogP contribution in [0.3, 0.4) is 0 Å². The number of rotatable bonds is 4. The van der Waals surface area contributed by atoms with Crippen LogP contribution in [0.2, 0.25) is 0 Å². The number of nitrogens with zero attached hydrogens (tertiary/aromatic N) is 3. The molecule has 0 aliphatic heterocycles. The largest absolute Gasteiger partial charge is 0.459 e. The van der Waals surface area contributed by atoms with Gasteiger partial charge in [0.05, 0.1) is 12.2 Å². The highest BCUT2D eigenvalue weighted by Crippen LogP contribution is 2.30. The number of benzene rings is 1. The van der Waals surface area contributed by atoms with Gasteiger partial charge in [-0.3, -0.25) is 0 Å². The van der Waals surface area contributed by atoms with Gasteiger partial charge in [-0.25, -0.2) is 0 Å². The predicted molar refractivity (Wildman–Crippen MR) is 90.1 cm³/mol. The van der Waals surface area contributed by atoms with Gasteiger partial charge in [0, 0.05) is 11.5 Å². The van der Waals surface area contributed by atoms with Gasteiger partial charge in [0.2, 0.25) is 11.5 Å². The number of nitro groups is 1. The highest BCUT2D eigenvalue weighted by atomic mass is 16.6. The van der Waals surface area contributed by atoms with E-state index in [0.717, 1.165) is 11.0 Å². The standard InChI is InChI=1S/C17H14N4O3/c1-11(14-10-12-6-2-3-7-13(12)24-14)18-16-17(21(22)23)20-9-5-4-8-15(20)19-16/h2-11,18H,1H3. The molecule has 1 atom stereocenters. The molecule has 1 N–H and O–H groups in total. The van der Waals surface area contributed by atoms with Crippen LogP contribution in [-0.2, 0) is 0 Å². The van der Waals surface area contributed by atoms with Gasteiger partial charge in [-0.05, 0) is 30.0 Å². The fourth-order valence-electron chi connectivity index (χ4n) is 2.75. The molecule has 4 aromatic rings. The summed E-state index contributed by atoms with van der Waals surface area (Å²) in [7, 11) is 0. The Morgan fingerprint density at radius 2 is 2.04 bits per heavy atom. The molecule has 3 aromatic heterocycles. The molecule has 0 saturated carbocycles. The number of hydrogen-bond acceptors (Lipinski definition) is 5. The smallest absolute Gasteiger partial charge is 0.372 e. The Hall–Kier alpha value is -3.35. The van der Waals surface area contributed by atoms with Gasteiger partial charge in [0.15, 0.2) is 0 Å². The maximum Gasteiger partial charge on any atom is 0.372 e. The van der Waals surface area contributed by atoms with E-state index in [2.05, 4.69) is 10.3 Å². The van der Waals surface area contributed by atoms with Gasteiger partial charge in [0.1, 0.15) is 11.3 Å². The lowest BCUT2D eigenvalue weighted by Gasteiger charge is -2.09. The highest BCUT2D eigenvalue weighted by Gasteiger charge is 2.24. The highest BCUT2D eigenvalue weighted by molar-refractivity contribution is 5.78. The minimum Gasteiger partial charge on any atom is -0.459 e. The van der Waals surface area contributed by atoms with Crippen molar-refractivity contribution in [2.45, 2.75) is 13.0 Å². The van der Waals surface area contributed by atoms with Crippen molar-refractivity contribution in [2.75, 3.05) is 5.32 Å². The van der Waals surface area contributed by atoms with Crippen LogP contribution in [0.25, 0.3) is 16.6 Å². The zero-order chi connectivity index (χ0) is 16.7. The first-order valence-electron chi connectivity index (χ1n) is 7.50. The minimum absolute atomic E-state index is 0.0893. The molecule has 0 saturated heterocycles. The van der Waals surface area contributed by atoms with Crippen LogP contribution in [0.15, 0.2) is 59.1 Å². The molecule has 3 heterocycles. The zero-order valence-corrected chi connectivity index (χ0v) is 12.8. The Balaban J connectivity index is 1.73. The lowest BCUT2D eigenvalue weighted by molar-refractivity contribution is -0.389. The van der Waals surface area contributed by atoms with E-state index in [1.54, 1.807) is 24.4 Å². The molecule has 120 valence electrons. The third-order valence-electron chi connectivity index (χ3n) is 3.90. The Kier molecular flexibility index (Phi) is 3.19. The van der Waals surface area contributed by atoms with Crippen LogP contribution < -0.4 is 5.32 Å². The lowest BCUT2D eigenvalue weighted by Crippen LogP contribution is -2.08. The Morgan fingerprint density at radius 3 is 2.83 bits per heavy atom. The van der Waals surface area contributed by atoms with Crippen LogP contribution in [0.1, 0.15) is 18.7 Å². The molecule has 0 amide bonds. The van der Waals surface area contributed by atoms with Gasteiger partial charge in [-0.1, -0.05) is 24.3 Å². The molecule has 0 spiro atoms. The first kappa shape index (κ1) is 14.3. The van der Waals surface area contributed by atoms with E-state index in [1.165, 1.54) is 4.40 Å². The summed E-state index contributed by atoms with van der Waals surface area (Å²) in [5.74, 6) is 0.829. The number of nitrogens with one attached hydrogen (secondary N) is 1. The number of anilines is 1. The molecular weight excluding hydrogens is 308 g/mol. The van der Waals surface area contributed by atoms with E-state index in [-0.39, 0.29) is 17.7 Å². The molecule has 4 rings (SSSR count). The predicted octanol–water partition coefficient (Wildman–Crippen LogP) is 4.16. The summed E-state index contributed by atoms with van der Waals surface area (Å²) in [5.41, 5.74) is 1.30. The van der Waals surface area contributed by atoms with Crippen LogP contribution in [-0.4, -0.2) is 14.3 Å². The molecular formula is C17H14N4O3. The molecule has 1 unspecified atom stereocenters. The Bertz CT molecular complexity index is 1020. The molecule has 7 nitrogen and oxygen atoms in total. The average Bonchev–Trinajstić information content (AvgIpc) is 3.15. The average molecular weight is 322 g/mol. The minimum atomic E-state index is -0.437. The van der Waals surface area contributed by atoms with Crippen molar-refractivity contribution in [3.63, 3.8) is 0 Å². The van der Waals surface area contributed by atoms with Crippen molar-refractivity contribution in [2.24, 2.45) is 0 Å². The maximum absolute atomic E-state index is 11.4. The summed E-state index contributed by atoms with van der Waals surface area (Å²) in [6.07, 6.45) is 1.62. The number of pyridine rings is 1. The summed E-state index contributed by atoms with van der Waals surface area (Å²) in [6, 6.07) is 14.6. The molecule has 0 aliphatic carbocycles. The number of imidazole rings is 1. The SMILES string of the molecule is CC(Nc1nc2ccccn2c1[N+](=O)[O-])c1cc2ccccc2o1. The first-order chi connectivity index (χ1) is 11.6. The summed E-state index contributed by atoms with van der Waals surface area (Å²) >= 11 is 0. The normalized spacial score (nSPS) is 12.5. The molecule has 0 radical (unpaired) electrons. The number of furan rings is 1. The fourth-order valence-corrected chi connectivity index (χ4v) is 2.75. The summed E-state index contributed by atoms with van der Waals surface area (Å²) < 4.78 is 7.26. The number of aromatic nitrogens is 2. The van der Waals surface area contributed by atoms with Crippen molar-refractivity contribution in [3.05, 3.63) is 70.6 Å². The number of hydrogen-bond donors (Lipinski definition) is 1. The van der Waals surface area contributed by atoms with E-state index in [1.807, 2.05) is 37.3 Å². The number of para-hydroxylation sites is 1. The van der Waals surface area contributed by atoms with Crippen molar-refractivity contribution < 1.29 is 9.34 Å². The Labute approximate surface area is 136 Å². The zero-order valence-electron chi connectivity index (χ0n) is 12.8. The van der Waals surface area contributed by atoms with Crippen LogP contribution in [0, 0.1) is 10.1 Å². The van der Waals surface area contributed by atoms with Crippen molar-refractivity contribution >= 4 is 28.3 Å². The third-order valence-corrected chi connectivity index (χ3v) is 3.90. The van der Waals surface area contributed by atoms with Crippen molar-refractivity contribution in [1.29, 1.82) is 0 Å². The molecule has 7 heteroatoms. The topological polar surface area (TPSA) is 85.6 Å².